The minimum absolute atomic E-state index is 0.00246. The first-order valence-electron chi connectivity index (χ1n) is 7.02. The Kier molecular flexibility index (Phi) is 5.57. The van der Waals surface area contributed by atoms with E-state index in [1.807, 2.05) is 30.3 Å². The number of hydrogen-bond donors (Lipinski definition) is 3. The van der Waals surface area contributed by atoms with E-state index < -0.39 is 18.1 Å². The second-order valence-corrected chi connectivity index (χ2v) is 4.95. The van der Waals surface area contributed by atoms with Gasteiger partial charge in [0.2, 0.25) is 0 Å². The summed E-state index contributed by atoms with van der Waals surface area (Å²) in [5, 5.41) is 21.0. The Labute approximate surface area is 133 Å². The normalized spacial score (nSPS) is 11.5. The predicted octanol–water partition coefficient (Wildman–Crippen LogP) is 2.83. The summed E-state index contributed by atoms with van der Waals surface area (Å²) in [6.07, 6.45) is -1.03. The zero-order valence-electron chi connectivity index (χ0n) is 12.3. The number of phenolic OH excluding ortho intramolecular Hbond substituents is 1. The van der Waals surface area contributed by atoms with Gasteiger partial charge in [0.25, 0.3) is 0 Å². The summed E-state index contributed by atoms with van der Waals surface area (Å²) in [7, 11) is 0. The van der Waals surface area contributed by atoms with Crippen LogP contribution in [0.2, 0.25) is 0 Å². The number of alkyl carbamates (subject to hydrolysis) is 1. The van der Waals surface area contributed by atoms with E-state index in [1.165, 1.54) is 12.1 Å². The van der Waals surface area contributed by atoms with Gasteiger partial charge in [0.05, 0.1) is 12.5 Å². The molecule has 1 amide bonds. The van der Waals surface area contributed by atoms with Crippen molar-refractivity contribution in [1.82, 2.24) is 5.32 Å². The molecule has 23 heavy (non-hydrogen) atoms. The molecular formula is C17H17NO5. The molecule has 0 saturated heterocycles. The molecule has 0 aliphatic carbocycles. The van der Waals surface area contributed by atoms with Gasteiger partial charge in [0, 0.05) is 0 Å². The summed E-state index contributed by atoms with van der Waals surface area (Å²) in [6, 6.07) is 14.4. The average molecular weight is 315 g/mol. The number of carboxylic acid groups (broad SMARTS) is 1. The van der Waals surface area contributed by atoms with Gasteiger partial charge < -0.3 is 20.3 Å². The number of hydrogen-bond acceptors (Lipinski definition) is 4. The van der Waals surface area contributed by atoms with Gasteiger partial charge in [0.1, 0.15) is 12.4 Å². The van der Waals surface area contributed by atoms with Gasteiger partial charge in [-0.2, -0.15) is 0 Å². The monoisotopic (exact) mass is 315 g/mol. The number of phenols is 1. The van der Waals surface area contributed by atoms with Crippen molar-refractivity contribution in [2.45, 2.75) is 19.1 Å². The molecule has 1 atom stereocenters. The number of carboxylic acids is 1. The van der Waals surface area contributed by atoms with Crippen LogP contribution in [0.1, 0.15) is 23.6 Å². The molecule has 3 N–H and O–H groups in total. The molecule has 0 spiro atoms. The van der Waals surface area contributed by atoms with Gasteiger partial charge in [-0.05, 0) is 23.3 Å². The Morgan fingerprint density at radius 3 is 2.48 bits per heavy atom. The molecular weight excluding hydrogens is 298 g/mol. The molecule has 2 aromatic carbocycles. The number of amides is 1. The van der Waals surface area contributed by atoms with E-state index >= 15 is 0 Å². The highest BCUT2D eigenvalue weighted by atomic mass is 16.5. The fourth-order valence-electron chi connectivity index (χ4n) is 2.08. The fraction of sp³-hybridized carbons (Fsp3) is 0.176. The van der Waals surface area contributed by atoms with E-state index in [1.54, 1.807) is 12.1 Å². The number of ether oxygens (including phenoxy) is 1. The highest BCUT2D eigenvalue weighted by Crippen LogP contribution is 2.21. The van der Waals surface area contributed by atoms with Gasteiger partial charge in [-0.3, -0.25) is 4.79 Å². The van der Waals surface area contributed by atoms with Gasteiger partial charge in [0.15, 0.2) is 0 Å². The highest BCUT2D eigenvalue weighted by Gasteiger charge is 2.19. The third kappa shape index (κ3) is 5.35. The molecule has 0 bridgehead atoms. The quantitative estimate of drug-likeness (QED) is 0.762. The molecule has 0 aliphatic rings. The van der Waals surface area contributed by atoms with Crippen LogP contribution >= 0.6 is 0 Å². The smallest absolute Gasteiger partial charge is 0.407 e. The third-order valence-electron chi connectivity index (χ3n) is 3.16. The molecule has 0 radical (unpaired) electrons. The van der Waals surface area contributed by atoms with Crippen LogP contribution in [0.25, 0.3) is 0 Å². The molecule has 0 heterocycles. The van der Waals surface area contributed by atoms with Crippen molar-refractivity contribution < 1.29 is 24.5 Å². The van der Waals surface area contributed by atoms with Crippen LogP contribution in [0.4, 0.5) is 4.79 Å². The summed E-state index contributed by atoms with van der Waals surface area (Å²) in [6.45, 7) is 0.0898. The first-order chi connectivity index (χ1) is 11.0. The standard InChI is InChI=1S/C17H17NO5/c19-14-8-4-7-13(9-14)15(10-16(20)21)18-17(22)23-11-12-5-2-1-3-6-12/h1-9,15,19H,10-11H2,(H,18,22)(H,20,21)/t15-/m1/s1. The summed E-state index contributed by atoms with van der Waals surface area (Å²) in [4.78, 5) is 22.9. The maximum atomic E-state index is 11.9. The first kappa shape index (κ1) is 16.4. The van der Waals surface area contributed by atoms with Crippen LogP contribution in [0.5, 0.6) is 5.75 Å². The van der Waals surface area contributed by atoms with Crippen LogP contribution in [0, 0.1) is 0 Å². The lowest BCUT2D eigenvalue weighted by atomic mass is 10.0. The summed E-state index contributed by atoms with van der Waals surface area (Å²) >= 11 is 0. The van der Waals surface area contributed by atoms with Crippen molar-refractivity contribution in [3.63, 3.8) is 0 Å². The maximum Gasteiger partial charge on any atom is 0.407 e. The lowest BCUT2D eigenvalue weighted by molar-refractivity contribution is -0.137. The molecule has 6 heteroatoms. The molecule has 6 nitrogen and oxygen atoms in total. The van der Waals surface area contributed by atoms with Crippen molar-refractivity contribution in [2.75, 3.05) is 0 Å². The van der Waals surface area contributed by atoms with E-state index in [-0.39, 0.29) is 18.8 Å². The van der Waals surface area contributed by atoms with Crippen molar-refractivity contribution in [2.24, 2.45) is 0 Å². The zero-order chi connectivity index (χ0) is 16.7. The number of aromatic hydroxyl groups is 1. The van der Waals surface area contributed by atoms with Crippen molar-refractivity contribution in [3.05, 3.63) is 65.7 Å². The zero-order valence-corrected chi connectivity index (χ0v) is 12.3. The SMILES string of the molecule is O=C(O)C[C@@H](NC(=O)OCc1ccccc1)c1cccc(O)c1. The third-order valence-corrected chi connectivity index (χ3v) is 3.16. The van der Waals surface area contributed by atoms with Gasteiger partial charge in [-0.1, -0.05) is 42.5 Å². The number of carbonyl (C=O) groups excluding carboxylic acids is 1. The number of aliphatic carboxylic acids is 1. The predicted molar refractivity (Wildman–Crippen MR) is 82.9 cm³/mol. The molecule has 0 saturated carbocycles. The Balaban J connectivity index is 1.99. The summed E-state index contributed by atoms with van der Waals surface area (Å²) in [5.74, 6) is -1.07. The van der Waals surface area contributed by atoms with E-state index in [2.05, 4.69) is 5.32 Å². The number of rotatable bonds is 6. The number of nitrogens with one attached hydrogen (secondary N) is 1. The maximum absolute atomic E-state index is 11.9. The highest BCUT2D eigenvalue weighted by molar-refractivity contribution is 5.72. The van der Waals surface area contributed by atoms with Crippen LogP contribution in [0.15, 0.2) is 54.6 Å². The van der Waals surface area contributed by atoms with Crippen molar-refractivity contribution in [3.8, 4) is 5.75 Å². The second-order valence-electron chi connectivity index (χ2n) is 4.95. The lowest BCUT2D eigenvalue weighted by Crippen LogP contribution is -2.30. The molecule has 0 aromatic heterocycles. The van der Waals surface area contributed by atoms with Crippen LogP contribution in [-0.4, -0.2) is 22.3 Å². The minimum atomic E-state index is -1.07. The Morgan fingerprint density at radius 2 is 1.83 bits per heavy atom. The topological polar surface area (TPSA) is 95.9 Å². The first-order valence-corrected chi connectivity index (χ1v) is 7.02. The van der Waals surface area contributed by atoms with Gasteiger partial charge in [-0.15, -0.1) is 0 Å². The second kappa shape index (κ2) is 7.84. The summed E-state index contributed by atoms with van der Waals surface area (Å²) < 4.78 is 5.09. The lowest BCUT2D eigenvalue weighted by Gasteiger charge is -2.17. The van der Waals surface area contributed by atoms with Crippen molar-refractivity contribution >= 4 is 12.1 Å². The van der Waals surface area contributed by atoms with E-state index in [0.717, 1.165) is 5.56 Å². The molecule has 2 rings (SSSR count). The summed E-state index contributed by atoms with van der Waals surface area (Å²) in [5.41, 5.74) is 1.32. The van der Waals surface area contributed by atoms with Crippen LogP contribution < -0.4 is 5.32 Å². The minimum Gasteiger partial charge on any atom is -0.508 e. The van der Waals surface area contributed by atoms with Gasteiger partial charge >= 0.3 is 12.1 Å². The largest absolute Gasteiger partial charge is 0.508 e. The molecule has 0 aliphatic heterocycles. The van der Waals surface area contributed by atoms with E-state index in [9.17, 15) is 14.7 Å². The van der Waals surface area contributed by atoms with Gasteiger partial charge in [-0.25, -0.2) is 4.79 Å². The number of benzene rings is 2. The fourth-order valence-corrected chi connectivity index (χ4v) is 2.08. The number of carbonyl (C=O) groups is 2. The molecule has 0 unspecified atom stereocenters. The Morgan fingerprint density at radius 1 is 1.09 bits per heavy atom. The molecule has 120 valence electrons. The van der Waals surface area contributed by atoms with E-state index in [0.29, 0.717) is 5.56 Å². The molecule has 0 fully saturated rings. The van der Waals surface area contributed by atoms with Crippen LogP contribution in [0.3, 0.4) is 0 Å². The van der Waals surface area contributed by atoms with Crippen LogP contribution in [-0.2, 0) is 16.1 Å². The Bertz CT molecular complexity index is 672. The average Bonchev–Trinajstić information content (AvgIpc) is 2.53. The molecule has 2 aromatic rings. The Hall–Kier alpha value is -3.02. The van der Waals surface area contributed by atoms with Crippen molar-refractivity contribution in [1.29, 1.82) is 0 Å². The van der Waals surface area contributed by atoms with E-state index in [4.69, 9.17) is 9.84 Å².